The van der Waals surface area contributed by atoms with E-state index in [-0.39, 0.29) is 61.8 Å². The first-order valence-electron chi connectivity index (χ1n) is 17.2. The molecule has 240 valence electrons. The fraction of sp³-hybridized carbons (Fsp3) is 0.512. The van der Waals surface area contributed by atoms with Crippen molar-refractivity contribution >= 4 is 11.1 Å². The zero-order valence-corrected chi connectivity index (χ0v) is 33.2. The van der Waals surface area contributed by atoms with Crippen LogP contribution in [0.1, 0.15) is 130 Å². The van der Waals surface area contributed by atoms with Gasteiger partial charge in [0.1, 0.15) is 0 Å². The summed E-state index contributed by atoms with van der Waals surface area (Å²) in [5, 5.41) is 0. The van der Waals surface area contributed by atoms with Crippen LogP contribution in [0.5, 0.6) is 0 Å². The molecule has 7 aliphatic carbocycles. The maximum Gasteiger partial charge on any atom is 4.00 e. The molecule has 0 atom stereocenters. The van der Waals surface area contributed by atoms with Gasteiger partial charge in [-0.25, -0.2) is 11.6 Å². The minimum atomic E-state index is 0. The van der Waals surface area contributed by atoms with E-state index in [1.54, 1.807) is 49.7 Å². The van der Waals surface area contributed by atoms with E-state index in [1.807, 2.05) is 0 Å². The monoisotopic (exact) mass is 726 g/mol. The number of rotatable bonds is 2. The summed E-state index contributed by atoms with van der Waals surface area (Å²) in [6, 6.07) is 14.6. The number of allylic oxidation sites excluding steroid dienone is 4. The van der Waals surface area contributed by atoms with Gasteiger partial charge in [0.15, 0.2) is 0 Å². The molecule has 0 amide bonds. The predicted molar refractivity (Wildman–Crippen MR) is 183 cm³/mol. The van der Waals surface area contributed by atoms with Crippen LogP contribution in [0.2, 0.25) is 0 Å². The van der Waals surface area contributed by atoms with E-state index < -0.39 is 0 Å². The number of hydrogen-bond donors (Lipinski definition) is 0. The Labute approximate surface area is 310 Å². The van der Waals surface area contributed by atoms with Gasteiger partial charge >= 0.3 is 26.2 Å². The molecule has 0 spiro atoms. The molecule has 4 saturated carbocycles. The van der Waals surface area contributed by atoms with Crippen molar-refractivity contribution in [1.29, 1.82) is 0 Å². The Balaban J connectivity index is 0.000000178. The Morgan fingerprint density at radius 1 is 0.717 bits per heavy atom. The van der Waals surface area contributed by atoms with Crippen molar-refractivity contribution in [2.45, 2.75) is 118 Å². The molecule has 7 aliphatic rings. The van der Waals surface area contributed by atoms with E-state index in [0.717, 1.165) is 24.2 Å². The zero-order chi connectivity index (χ0) is 30.1. The molecule has 0 heterocycles. The Morgan fingerprint density at radius 2 is 1.26 bits per heavy atom. The molecule has 3 aromatic rings. The summed E-state index contributed by atoms with van der Waals surface area (Å²) in [6.07, 6.45) is 17.9. The molecular weight excluding hydrogens is 679 g/mol. The van der Waals surface area contributed by atoms with E-state index in [4.69, 9.17) is 0 Å². The summed E-state index contributed by atoms with van der Waals surface area (Å²) in [5.41, 5.74) is 19.9. The van der Waals surface area contributed by atoms with Crippen LogP contribution in [0.25, 0.3) is 22.3 Å². The van der Waals surface area contributed by atoms with Crippen LogP contribution in [-0.4, -0.2) is 0 Å². The van der Waals surface area contributed by atoms with Crippen molar-refractivity contribution in [3.8, 4) is 11.1 Å². The number of fused-ring (bicyclic) bond motifs is 5. The second kappa shape index (κ2) is 12.3. The average Bonchev–Trinajstić information content (AvgIpc) is 3.55. The fourth-order valence-corrected chi connectivity index (χ4v) is 11.2. The maximum atomic E-state index is 3.65. The first-order valence-corrected chi connectivity index (χ1v) is 17.2. The fourth-order valence-electron chi connectivity index (χ4n) is 11.2. The average molecular weight is 729 g/mol. The Hall–Kier alpha value is -1.27. The summed E-state index contributed by atoms with van der Waals surface area (Å²) in [6.45, 7) is 18.2. The van der Waals surface area contributed by atoms with Crippen LogP contribution in [-0.2, 0) is 49.9 Å². The summed E-state index contributed by atoms with van der Waals surface area (Å²) in [7, 11) is 0. The second-order valence-corrected chi connectivity index (χ2v) is 17.0. The molecule has 0 unspecified atom stereocenters. The number of aryl methyl sites for hydroxylation is 2. The Kier molecular flexibility index (Phi) is 9.60. The normalized spacial score (nSPS) is 27.4. The molecule has 4 bridgehead atoms. The van der Waals surface area contributed by atoms with Crippen LogP contribution < -0.4 is 24.8 Å². The number of hydrogen-bond acceptors (Lipinski definition) is 0. The molecule has 46 heavy (non-hydrogen) atoms. The molecule has 0 radical (unpaired) electrons. The van der Waals surface area contributed by atoms with Crippen LogP contribution >= 0.6 is 0 Å². The number of halogens is 2. The quantitative estimate of drug-likeness (QED) is 0.248. The first kappa shape index (κ1) is 36.0. The van der Waals surface area contributed by atoms with Crippen LogP contribution in [0.15, 0.2) is 42.5 Å². The molecule has 0 aliphatic heterocycles. The van der Waals surface area contributed by atoms with Crippen molar-refractivity contribution in [3.05, 3.63) is 98.6 Å². The minimum absolute atomic E-state index is 0. The third kappa shape index (κ3) is 5.86. The molecule has 0 aromatic heterocycles. The van der Waals surface area contributed by atoms with Crippen molar-refractivity contribution in [1.82, 2.24) is 0 Å². The third-order valence-electron chi connectivity index (χ3n) is 12.5. The maximum absolute atomic E-state index is 3.65. The van der Waals surface area contributed by atoms with Gasteiger partial charge in [0.05, 0.1) is 0 Å². The Bertz CT molecular complexity index is 1620. The van der Waals surface area contributed by atoms with Crippen LogP contribution in [0, 0.1) is 43.1 Å². The smallest absolute Gasteiger partial charge is 1.00 e. The van der Waals surface area contributed by atoms with Gasteiger partial charge in [0.25, 0.3) is 0 Å². The molecule has 0 nitrogen and oxygen atoms in total. The summed E-state index contributed by atoms with van der Waals surface area (Å²) < 4.78 is 0. The zero-order valence-electron chi connectivity index (χ0n) is 29.2. The van der Waals surface area contributed by atoms with Gasteiger partial charge in [-0.15, -0.1) is 11.6 Å². The summed E-state index contributed by atoms with van der Waals surface area (Å²) in [4.78, 5) is 0. The van der Waals surface area contributed by atoms with Gasteiger partial charge in [-0.2, -0.15) is 28.3 Å². The molecule has 3 aromatic carbocycles. The molecule has 4 fully saturated rings. The molecule has 0 N–H and O–H groups in total. The van der Waals surface area contributed by atoms with Gasteiger partial charge in [-0.1, -0.05) is 78.5 Å². The summed E-state index contributed by atoms with van der Waals surface area (Å²) >= 11 is 0. The van der Waals surface area contributed by atoms with Crippen molar-refractivity contribution in [2.24, 2.45) is 23.2 Å². The predicted octanol–water partition coefficient (Wildman–Crippen LogP) is 5.24. The SMILES string of the molecule is CC1=[C-]C(C)(C)c2cc3c(cc21)-c1cc2c(cc1C3)C(C)(C)C=C2C.Cc1cc(CC23CC4CC(CC(C4)C2)C3)c(C)[cH-]1.[Cl-].[Cl-].[Zr+4]. The van der Waals surface area contributed by atoms with Crippen molar-refractivity contribution in [2.75, 3.05) is 0 Å². The van der Waals surface area contributed by atoms with Gasteiger partial charge in [-0.3, -0.25) is 6.08 Å². The van der Waals surface area contributed by atoms with E-state index >= 15 is 0 Å². The van der Waals surface area contributed by atoms with Gasteiger partial charge in [0.2, 0.25) is 0 Å². The molecule has 3 heteroatoms. The van der Waals surface area contributed by atoms with Gasteiger partial charge < -0.3 is 24.8 Å². The topological polar surface area (TPSA) is 0 Å². The number of benzene rings is 2. The second-order valence-electron chi connectivity index (χ2n) is 17.0. The standard InChI is InChI=1S/C25H25.C18H25.2ClH.Zr/c1-14-12-24(3,4)22-8-16-7-17-9-23-19(15(2)13-25(23,5)6)11-21(17)20(16)10-18(14)22;1-12-3-13(2)17(4-12)11-18-8-14-5-15(9-18)7-16(6-14)10-18;;;/h8-12H,7H2,1-6H3;3-4,14-16H,5-11H2,1-2H3;2*1H;/q2*-1;;;+4/p-2. The van der Waals surface area contributed by atoms with Gasteiger partial charge in [0, 0.05) is 5.41 Å². The minimum Gasteiger partial charge on any atom is -1.00 e. The first-order chi connectivity index (χ1) is 20.3. The Morgan fingerprint density at radius 3 is 1.80 bits per heavy atom. The van der Waals surface area contributed by atoms with Crippen molar-refractivity contribution < 1.29 is 51.0 Å². The van der Waals surface area contributed by atoms with E-state index in [2.05, 4.69) is 104 Å². The van der Waals surface area contributed by atoms with Crippen molar-refractivity contribution in [3.63, 3.8) is 0 Å². The molecule has 10 rings (SSSR count). The van der Waals surface area contributed by atoms with E-state index in [9.17, 15) is 0 Å². The van der Waals surface area contributed by atoms with E-state index in [0.29, 0.717) is 5.41 Å². The largest absolute Gasteiger partial charge is 4.00 e. The molecule has 0 saturated heterocycles. The van der Waals surface area contributed by atoms with Crippen LogP contribution in [0.3, 0.4) is 0 Å². The van der Waals surface area contributed by atoms with E-state index in [1.165, 1.54) is 67.6 Å². The van der Waals surface area contributed by atoms with Gasteiger partial charge in [-0.05, 0) is 120 Å². The molecular formula is C43H50Cl2Zr. The third-order valence-corrected chi connectivity index (χ3v) is 12.5. The van der Waals surface area contributed by atoms with Crippen LogP contribution in [0.4, 0.5) is 0 Å². The summed E-state index contributed by atoms with van der Waals surface area (Å²) in [5.74, 6) is 3.27.